The summed E-state index contributed by atoms with van der Waals surface area (Å²) in [5, 5.41) is 7.11. The molecule has 0 spiro atoms. The molecule has 2 N–H and O–H groups in total. The number of hydrogen-bond donors (Lipinski definition) is 2. The smallest absolute Gasteiger partial charge is 0.191 e. The molecule has 0 radical (unpaired) electrons. The molecule has 0 bridgehead atoms. The van der Waals surface area contributed by atoms with Crippen molar-refractivity contribution in [3.05, 3.63) is 18.2 Å². The van der Waals surface area contributed by atoms with E-state index in [1.807, 2.05) is 6.07 Å². The molecule has 3 rings (SSSR count). The summed E-state index contributed by atoms with van der Waals surface area (Å²) in [5.74, 6) is 3.35. The Morgan fingerprint density at radius 2 is 1.63 bits per heavy atom. The molecule has 1 aromatic rings. The van der Waals surface area contributed by atoms with Crippen LogP contribution in [0.5, 0.6) is 11.5 Å². The molecule has 2 aliphatic rings. The highest BCUT2D eigenvalue weighted by atomic mass is 16.5. The van der Waals surface area contributed by atoms with E-state index in [9.17, 15) is 0 Å². The summed E-state index contributed by atoms with van der Waals surface area (Å²) < 4.78 is 10.9. The van der Waals surface area contributed by atoms with Crippen molar-refractivity contribution in [1.29, 1.82) is 0 Å². The quantitative estimate of drug-likeness (QED) is 0.525. The van der Waals surface area contributed by atoms with E-state index in [2.05, 4.69) is 46.5 Å². The van der Waals surface area contributed by atoms with E-state index < -0.39 is 0 Å². The van der Waals surface area contributed by atoms with E-state index in [1.54, 1.807) is 14.2 Å². The predicted octanol–water partition coefficient (Wildman–Crippen LogP) is 2.57. The Balaban J connectivity index is 1.52. The Labute approximate surface area is 181 Å². The van der Waals surface area contributed by atoms with Crippen molar-refractivity contribution < 1.29 is 9.47 Å². The van der Waals surface area contributed by atoms with Gasteiger partial charge in [-0.25, -0.2) is 0 Å². The number of anilines is 1. The van der Waals surface area contributed by atoms with Gasteiger partial charge in [0.25, 0.3) is 0 Å². The van der Waals surface area contributed by atoms with Crippen LogP contribution in [0.1, 0.15) is 32.6 Å². The number of piperidine rings is 2. The molecule has 7 heteroatoms. The number of ether oxygens (including phenoxy) is 2. The Hall–Kier alpha value is -2.15. The summed E-state index contributed by atoms with van der Waals surface area (Å²) in [5.41, 5.74) is 1.16. The van der Waals surface area contributed by atoms with Crippen molar-refractivity contribution in [2.75, 3.05) is 65.4 Å². The van der Waals surface area contributed by atoms with Crippen LogP contribution in [0.25, 0.3) is 0 Å². The van der Waals surface area contributed by atoms with Crippen molar-refractivity contribution in [2.45, 2.75) is 38.6 Å². The van der Waals surface area contributed by atoms with Gasteiger partial charge < -0.3 is 29.9 Å². The van der Waals surface area contributed by atoms with Gasteiger partial charge in [-0.3, -0.25) is 4.99 Å². The minimum absolute atomic E-state index is 0.448. The highest BCUT2D eigenvalue weighted by Gasteiger charge is 2.22. The van der Waals surface area contributed by atoms with Crippen LogP contribution in [0, 0.1) is 5.92 Å². The normalized spacial score (nSPS) is 19.6. The maximum Gasteiger partial charge on any atom is 0.191 e. The summed E-state index contributed by atoms with van der Waals surface area (Å²) in [6.07, 6.45) is 4.67. The van der Waals surface area contributed by atoms with E-state index in [-0.39, 0.29) is 0 Å². The number of nitrogens with one attached hydrogen (secondary N) is 2. The van der Waals surface area contributed by atoms with E-state index in [4.69, 9.17) is 14.5 Å². The van der Waals surface area contributed by atoms with Crippen LogP contribution >= 0.6 is 0 Å². The van der Waals surface area contributed by atoms with Gasteiger partial charge in [-0.05, 0) is 58.7 Å². The van der Waals surface area contributed by atoms with E-state index in [1.165, 1.54) is 25.9 Å². The van der Waals surface area contributed by atoms with E-state index in [0.717, 1.165) is 62.2 Å². The topological polar surface area (TPSA) is 61.4 Å². The molecular formula is C23H39N5O2. The zero-order chi connectivity index (χ0) is 21.3. The summed E-state index contributed by atoms with van der Waals surface area (Å²) in [6, 6.07) is 6.54. The number of guanidine groups is 1. The zero-order valence-electron chi connectivity index (χ0n) is 19.1. The van der Waals surface area contributed by atoms with Crippen molar-refractivity contribution in [3.8, 4) is 11.5 Å². The summed E-state index contributed by atoms with van der Waals surface area (Å²) >= 11 is 0. The average molecular weight is 418 g/mol. The van der Waals surface area contributed by atoms with Gasteiger partial charge in [-0.2, -0.15) is 0 Å². The molecular weight excluding hydrogens is 378 g/mol. The Morgan fingerprint density at radius 1 is 1.00 bits per heavy atom. The highest BCUT2D eigenvalue weighted by Crippen LogP contribution is 2.30. The number of likely N-dealkylation sites (tertiary alicyclic amines) is 1. The maximum atomic E-state index is 5.43. The molecule has 1 aromatic carbocycles. The SMILES string of the molecule is CCNC(=NCC1CCN(C)CC1)NC1CCN(c2cc(OC)cc(OC)c2)CC1. The fourth-order valence-electron chi connectivity index (χ4n) is 4.24. The number of rotatable bonds is 7. The minimum Gasteiger partial charge on any atom is -0.497 e. The van der Waals surface area contributed by atoms with Crippen LogP contribution in [0.4, 0.5) is 5.69 Å². The molecule has 2 fully saturated rings. The molecule has 0 atom stereocenters. The largest absolute Gasteiger partial charge is 0.497 e. The fourth-order valence-corrected chi connectivity index (χ4v) is 4.24. The average Bonchev–Trinajstić information content (AvgIpc) is 2.78. The first-order valence-electron chi connectivity index (χ1n) is 11.3. The molecule has 2 aliphatic heterocycles. The molecule has 0 saturated carbocycles. The molecule has 2 heterocycles. The van der Waals surface area contributed by atoms with Crippen LogP contribution in [0.15, 0.2) is 23.2 Å². The van der Waals surface area contributed by atoms with Crippen molar-refractivity contribution >= 4 is 11.6 Å². The molecule has 2 saturated heterocycles. The second kappa shape index (κ2) is 11.3. The van der Waals surface area contributed by atoms with Gasteiger partial charge in [-0.1, -0.05) is 0 Å². The molecule has 0 aliphatic carbocycles. The Bertz CT molecular complexity index is 658. The van der Waals surface area contributed by atoms with E-state index >= 15 is 0 Å². The third-order valence-electron chi connectivity index (χ3n) is 6.23. The van der Waals surface area contributed by atoms with Crippen LogP contribution in [0.3, 0.4) is 0 Å². The van der Waals surface area contributed by atoms with Gasteiger partial charge in [-0.15, -0.1) is 0 Å². The van der Waals surface area contributed by atoms with Crippen molar-refractivity contribution in [3.63, 3.8) is 0 Å². The van der Waals surface area contributed by atoms with Crippen LogP contribution in [0.2, 0.25) is 0 Å². The molecule has 0 unspecified atom stereocenters. The lowest BCUT2D eigenvalue weighted by molar-refractivity contribution is 0.223. The first kappa shape index (κ1) is 22.5. The standard InChI is InChI=1S/C23H39N5O2/c1-5-24-23(25-17-18-6-10-27(2)11-7-18)26-19-8-12-28(13-9-19)20-14-21(29-3)16-22(15-20)30-4/h14-16,18-19H,5-13,17H2,1-4H3,(H2,24,25,26). The van der Waals surface area contributed by atoms with E-state index in [0.29, 0.717) is 12.0 Å². The summed E-state index contributed by atoms with van der Waals surface area (Å²) in [4.78, 5) is 9.73. The fraction of sp³-hybridized carbons (Fsp3) is 0.696. The molecule has 168 valence electrons. The lowest BCUT2D eigenvalue weighted by atomic mass is 9.97. The minimum atomic E-state index is 0.448. The van der Waals surface area contributed by atoms with Gasteiger partial charge in [0, 0.05) is 56.1 Å². The predicted molar refractivity (Wildman–Crippen MR) is 124 cm³/mol. The Morgan fingerprint density at radius 3 is 2.20 bits per heavy atom. The number of benzene rings is 1. The lowest BCUT2D eigenvalue weighted by Crippen LogP contribution is -2.49. The third-order valence-corrected chi connectivity index (χ3v) is 6.23. The monoisotopic (exact) mass is 417 g/mol. The number of methoxy groups -OCH3 is 2. The molecule has 30 heavy (non-hydrogen) atoms. The highest BCUT2D eigenvalue weighted by molar-refractivity contribution is 5.80. The maximum absolute atomic E-state index is 5.43. The summed E-state index contributed by atoms with van der Waals surface area (Å²) in [6.45, 7) is 8.33. The number of hydrogen-bond acceptors (Lipinski definition) is 5. The lowest BCUT2D eigenvalue weighted by Gasteiger charge is -2.35. The zero-order valence-corrected chi connectivity index (χ0v) is 19.1. The Kier molecular flexibility index (Phi) is 8.49. The van der Waals surface area contributed by atoms with Gasteiger partial charge in [0.15, 0.2) is 5.96 Å². The molecule has 0 amide bonds. The summed E-state index contributed by atoms with van der Waals surface area (Å²) in [7, 11) is 5.60. The van der Waals surface area contributed by atoms with Gasteiger partial charge in [0.1, 0.15) is 11.5 Å². The van der Waals surface area contributed by atoms with Crippen LogP contribution < -0.4 is 25.0 Å². The first-order chi connectivity index (χ1) is 14.6. The third kappa shape index (κ3) is 6.42. The number of aliphatic imine (C=N–C) groups is 1. The second-order valence-corrected chi connectivity index (χ2v) is 8.44. The van der Waals surface area contributed by atoms with Crippen molar-refractivity contribution in [1.82, 2.24) is 15.5 Å². The van der Waals surface area contributed by atoms with Crippen molar-refractivity contribution in [2.24, 2.45) is 10.9 Å². The molecule has 7 nitrogen and oxygen atoms in total. The van der Waals surface area contributed by atoms with Crippen LogP contribution in [-0.4, -0.2) is 77.4 Å². The number of nitrogens with zero attached hydrogens (tertiary/aromatic N) is 3. The van der Waals surface area contributed by atoms with Gasteiger partial charge >= 0.3 is 0 Å². The van der Waals surface area contributed by atoms with Gasteiger partial charge in [0.05, 0.1) is 14.2 Å². The van der Waals surface area contributed by atoms with Gasteiger partial charge in [0.2, 0.25) is 0 Å². The van der Waals surface area contributed by atoms with Crippen LogP contribution in [-0.2, 0) is 0 Å². The molecule has 0 aromatic heterocycles. The second-order valence-electron chi connectivity index (χ2n) is 8.44. The first-order valence-corrected chi connectivity index (χ1v) is 11.3.